The molecule has 1 N–H and O–H groups in total. The summed E-state index contributed by atoms with van der Waals surface area (Å²) < 4.78 is 7.41. The minimum atomic E-state index is -0.214. The Morgan fingerprint density at radius 2 is 1.88 bits per heavy atom. The van der Waals surface area contributed by atoms with Crippen LogP contribution in [0.2, 0.25) is 10.0 Å². The number of aromatic nitrogens is 3. The van der Waals surface area contributed by atoms with Crippen LogP contribution in [0.25, 0.3) is 0 Å². The number of nitrogens with zero attached hydrogens (tertiary/aromatic N) is 2. The quantitative estimate of drug-likeness (QED) is 0.735. The Morgan fingerprint density at radius 1 is 1.12 bits per heavy atom. The first-order chi connectivity index (χ1) is 11.6. The molecule has 2 aromatic carbocycles. The third-order valence-corrected chi connectivity index (χ3v) is 4.19. The molecule has 0 aliphatic carbocycles. The molecular formula is C17H15Cl2N3O2. The molecule has 0 bridgehead atoms. The maximum atomic E-state index is 11.6. The van der Waals surface area contributed by atoms with Gasteiger partial charge in [-0.2, -0.15) is 5.10 Å². The highest BCUT2D eigenvalue weighted by Gasteiger charge is 2.11. The fourth-order valence-electron chi connectivity index (χ4n) is 2.38. The summed E-state index contributed by atoms with van der Waals surface area (Å²) in [5.41, 5.74) is 0.712. The van der Waals surface area contributed by atoms with Crippen molar-refractivity contribution in [2.75, 3.05) is 0 Å². The van der Waals surface area contributed by atoms with Crippen molar-refractivity contribution in [3.63, 3.8) is 0 Å². The summed E-state index contributed by atoms with van der Waals surface area (Å²) in [5.74, 6) is 1.69. The van der Waals surface area contributed by atoms with Gasteiger partial charge in [0.1, 0.15) is 17.3 Å². The van der Waals surface area contributed by atoms with E-state index in [-0.39, 0.29) is 5.69 Å². The number of nitrogens with one attached hydrogen (secondary N) is 1. The van der Waals surface area contributed by atoms with Gasteiger partial charge in [0.2, 0.25) is 0 Å². The van der Waals surface area contributed by atoms with Crippen molar-refractivity contribution in [3.05, 3.63) is 74.4 Å². The summed E-state index contributed by atoms with van der Waals surface area (Å²) in [4.78, 5) is 11.6. The molecule has 0 amide bonds. The van der Waals surface area contributed by atoms with E-state index in [4.69, 9.17) is 27.9 Å². The van der Waals surface area contributed by atoms with Crippen LogP contribution in [0.5, 0.6) is 11.5 Å². The fraction of sp³-hybridized carbons (Fsp3) is 0.176. The van der Waals surface area contributed by atoms with Gasteiger partial charge in [-0.25, -0.2) is 9.89 Å². The third kappa shape index (κ3) is 3.47. The Balaban J connectivity index is 1.89. The van der Waals surface area contributed by atoms with E-state index in [1.54, 1.807) is 22.8 Å². The van der Waals surface area contributed by atoms with Gasteiger partial charge in [0.25, 0.3) is 0 Å². The summed E-state index contributed by atoms with van der Waals surface area (Å²) in [6.07, 6.45) is 0.489. The molecular weight excluding hydrogens is 349 g/mol. The monoisotopic (exact) mass is 363 g/mol. The zero-order valence-electron chi connectivity index (χ0n) is 12.9. The van der Waals surface area contributed by atoms with Crippen molar-refractivity contribution in [2.45, 2.75) is 19.9 Å². The summed E-state index contributed by atoms with van der Waals surface area (Å²) in [5, 5.41) is 7.51. The molecule has 0 saturated heterocycles. The van der Waals surface area contributed by atoms with Crippen LogP contribution < -0.4 is 10.4 Å². The first-order valence-electron chi connectivity index (χ1n) is 7.43. The van der Waals surface area contributed by atoms with Crippen LogP contribution >= 0.6 is 23.2 Å². The minimum absolute atomic E-state index is 0.214. The highest BCUT2D eigenvalue weighted by Crippen LogP contribution is 2.34. The summed E-state index contributed by atoms with van der Waals surface area (Å²) >= 11 is 12.3. The Hall–Kier alpha value is -2.24. The fourth-order valence-corrected chi connectivity index (χ4v) is 2.71. The van der Waals surface area contributed by atoms with Crippen LogP contribution in [0.4, 0.5) is 0 Å². The first kappa shape index (κ1) is 16.6. The molecule has 0 spiro atoms. The first-order valence-corrected chi connectivity index (χ1v) is 8.19. The average Bonchev–Trinajstić information content (AvgIpc) is 2.92. The number of hydrogen-bond donors (Lipinski definition) is 1. The summed E-state index contributed by atoms with van der Waals surface area (Å²) in [6, 6.07) is 12.6. The Kier molecular flexibility index (Phi) is 4.92. The van der Waals surface area contributed by atoms with Crippen molar-refractivity contribution in [1.82, 2.24) is 14.8 Å². The maximum absolute atomic E-state index is 11.6. The second-order valence-electron chi connectivity index (χ2n) is 5.16. The highest BCUT2D eigenvalue weighted by molar-refractivity contribution is 6.32. The number of rotatable bonds is 5. The normalized spacial score (nSPS) is 10.8. The predicted molar refractivity (Wildman–Crippen MR) is 94.3 cm³/mol. The minimum Gasteiger partial charge on any atom is -0.454 e. The van der Waals surface area contributed by atoms with E-state index < -0.39 is 0 Å². The van der Waals surface area contributed by atoms with Crippen LogP contribution in [-0.4, -0.2) is 14.8 Å². The Morgan fingerprint density at radius 3 is 2.62 bits per heavy atom. The summed E-state index contributed by atoms with van der Waals surface area (Å²) in [6.45, 7) is 2.45. The van der Waals surface area contributed by atoms with E-state index in [0.29, 0.717) is 40.3 Å². The van der Waals surface area contributed by atoms with Crippen LogP contribution in [0, 0.1) is 0 Å². The van der Waals surface area contributed by atoms with E-state index in [0.717, 1.165) is 5.56 Å². The van der Waals surface area contributed by atoms with Crippen molar-refractivity contribution in [3.8, 4) is 11.5 Å². The second-order valence-corrected chi connectivity index (χ2v) is 5.98. The number of aromatic amines is 1. The highest BCUT2D eigenvalue weighted by atomic mass is 35.5. The van der Waals surface area contributed by atoms with Gasteiger partial charge < -0.3 is 4.74 Å². The molecule has 0 aliphatic heterocycles. The van der Waals surface area contributed by atoms with Crippen molar-refractivity contribution in [2.24, 2.45) is 0 Å². The molecule has 0 atom stereocenters. The van der Waals surface area contributed by atoms with Gasteiger partial charge in [-0.05, 0) is 36.8 Å². The van der Waals surface area contributed by atoms with E-state index in [9.17, 15) is 4.79 Å². The van der Waals surface area contributed by atoms with Gasteiger partial charge in [-0.1, -0.05) is 41.4 Å². The van der Waals surface area contributed by atoms with Gasteiger partial charge >= 0.3 is 5.69 Å². The molecule has 1 aromatic heterocycles. The van der Waals surface area contributed by atoms with E-state index >= 15 is 0 Å². The molecule has 1 heterocycles. The summed E-state index contributed by atoms with van der Waals surface area (Å²) in [7, 11) is 0. The van der Waals surface area contributed by atoms with Crippen molar-refractivity contribution < 1.29 is 4.74 Å². The van der Waals surface area contributed by atoms with Crippen LogP contribution in [-0.2, 0) is 13.0 Å². The van der Waals surface area contributed by atoms with Crippen molar-refractivity contribution >= 4 is 23.2 Å². The number of halogens is 2. The van der Waals surface area contributed by atoms with E-state index in [1.807, 2.05) is 31.2 Å². The standard InChI is InChI=1S/C17H15Cl2N3O2/c1-2-22-16(20-21-17(22)23)10-11-7-8-13(19)15(9-11)24-14-6-4-3-5-12(14)18/h3-9H,2,10H2,1H3,(H,21,23). The molecule has 0 unspecified atom stereocenters. The van der Waals surface area contributed by atoms with Crippen LogP contribution in [0.3, 0.4) is 0 Å². The van der Waals surface area contributed by atoms with Gasteiger partial charge in [-0.3, -0.25) is 4.57 Å². The number of H-pyrrole nitrogens is 1. The zero-order valence-corrected chi connectivity index (χ0v) is 14.4. The van der Waals surface area contributed by atoms with Gasteiger partial charge in [0, 0.05) is 13.0 Å². The molecule has 5 nitrogen and oxygen atoms in total. The van der Waals surface area contributed by atoms with Gasteiger partial charge in [0.15, 0.2) is 0 Å². The third-order valence-electron chi connectivity index (χ3n) is 3.57. The number of para-hydroxylation sites is 1. The second kappa shape index (κ2) is 7.11. The molecule has 124 valence electrons. The number of benzene rings is 2. The predicted octanol–water partition coefficient (Wildman–Crippen LogP) is 4.28. The Labute approximate surface area is 148 Å². The van der Waals surface area contributed by atoms with Crippen LogP contribution in [0.15, 0.2) is 47.3 Å². The zero-order chi connectivity index (χ0) is 17.1. The average molecular weight is 364 g/mol. The lowest BCUT2D eigenvalue weighted by atomic mass is 10.1. The lowest BCUT2D eigenvalue weighted by Crippen LogP contribution is -2.17. The molecule has 0 fully saturated rings. The van der Waals surface area contributed by atoms with Gasteiger partial charge in [0.05, 0.1) is 10.0 Å². The molecule has 3 rings (SSSR count). The maximum Gasteiger partial charge on any atom is 0.343 e. The van der Waals surface area contributed by atoms with Crippen molar-refractivity contribution in [1.29, 1.82) is 0 Å². The Bertz CT molecular complexity index is 918. The molecule has 0 radical (unpaired) electrons. The molecule has 3 aromatic rings. The molecule has 0 aliphatic rings. The smallest absolute Gasteiger partial charge is 0.343 e. The van der Waals surface area contributed by atoms with E-state index in [1.165, 1.54) is 0 Å². The lowest BCUT2D eigenvalue weighted by molar-refractivity contribution is 0.482. The molecule has 0 saturated carbocycles. The lowest BCUT2D eigenvalue weighted by Gasteiger charge is -2.11. The molecule has 7 heteroatoms. The topological polar surface area (TPSA) is 59.9 Å². The van der Waals surface area contributed by atoms with Crippen LogP contribution in [0.1, 0.15) is 18.3 Å². The van der Waals surface area contributed by atoms with Gasteiger partial charge in [-0.15, -0.1) is 0 Å². The largest absolute Gasteiger partial charge is 0.454 e. The number of ether oxygens (including phenoxy) is 1. The molecule has 24 heavy (non-hydrogen) atoms. The number of hydrogen-bond acceptors (Lipinski definition) is 3. The SMILES string of the molecule is CCn1c(Cc2ccc(Cl)c(Oc3ccccc3Cl)c2)n[nH]c1=O. The van der Waals surface area contributed by atoms with E-state index in [2.05, 4.69) is 10.2 Å².